The maximum absolute atomic E-state index is 11.2. The Kier molecular flexibility index (Phi) is 3.38. The number of carboxylic acid groups (broad SMARTS) is 1. The number of aromatic nitrogens is 2. The predicted molar refractivity (Wildman–Crippen MR) is 79.1 cm³/mol. The number of aryl methyl sites for hydroxylation is 1. The highest BCUT2D eigenvalue weighted by molar-refractivity contribution is 9.10. The average molecular weight is 335 g/mol. The SMILES string of the molecule is Cc1nc(C(=O)O)c2n1CC(c1cccc(Br)c1)CC2. The number of imidazole rings is 1. The Bertz CT molecular complexity index is 679. The van der Waals surface area contributed by atoms with Crippen LogP contribution in [0.3, 0.4) is 0 Å². The molecular weight excluding hydrogens is 320 g/mol. The molecule has 0 bridgehead atoms. The molecule has 0 aliphatic carbocycles. The van der Waals surface area contributed by atoms with Crippen LogP contribution in [0.5, 0.6) is 0 Å². The van der Waals surface area contributed by atoms with E-state index in [1.54, 1.807) is 0 Å². The smallest absolute Gasteiger partial charge is 0.356 e. The highest BCUT2D eigenvalue weighted by Gasteiger charge is 2.27. The summed E-state index contributed by atoms with van der Waals surface area (Å²) in [6.07, 6.45) is 1.72. The van der Waals surface area contributed by atoms with E-state index in [1.807, 2.05) is 19.1 Å². The van der Waals surface area contributed by atoms with Crippen LogP contribution < -0.4 is 0 Å². The van der Waals surface area contributed by atoms with Gasteiger partial charge in [0.25, 0.3) is 0 Å². The summed E-state index contributed by atoms with van der Waals surface area (Å²) in [5.74, 6) is 0.273. The minimum absolute atomic E-state index is 0.218. The van der Waals surface area contributed by atoms with Crippen LogP contribution >= 0.6 is 15.9 Å². The van der Waals surface area contributed by atoms with Crippen LogP contribution in [-0.2, 0) is 13.0 Å². The van der Waals surface area contributed by atoms with Crippen LogP contribution in [0.2, 0.25) is 0 Å². The number of halogens is 1. The van der Waals surface area contributed by atoms with Crippen molar-refractivity contribution < 1.29 is 9.90 Å². The first-order valence-corrected chi connectivity index (χ1v) is 7.40. The molecule has 0 radical (unpaired) electrons. The van der Waals surface area contributed by atoms with Crippen LogP contribution in [0.4, 0.5) is 0 Å². The number of carbonyl (C=O) groups is 1. The fraction of sp³-hybridized carbons (Fsp3) is 0.333. The number of carboxylic acids is 1. The third kappa shape index (κ3) is 2.26. The maximum Gasteiger partial charge on any atom is 0.356 e. The molecule has 1 atom stereocenters. The fourth-order valence-corrected chi connectivity index (χ4v) is 3.35. The molecule has 4 nitrogen and oxygen atoms in total. The second kappa shape index (κ2) is 5.05. The molecule has 1 aliphatic rings. The maximum atomic E-state index is 11.2. The zero-order valence-corrected chi connectivity index (χ0v) is 12.7. The Morgan fingerprint density at radius 2 is 2.30 bits per heavy atom. The van der Waals surface area contributed by atoms with E-state index in [-0.39, 0.29) is 5.69 Å². The van der Waals surface area contributed by atoms with Gasteiger partial charge < -0.3 is 9.67 Å². The minimum Gasteiger partial charge on any atom is -0.476 e. The number of benzene rings is 1. The van der Waals surface area contributed by atoms with Crippen LogP contribution in [0.1, 0.15) is 39.9 Å². The number of nitrogens with zero attached hydrogens (tertiary/aromatic N) is 2. The van der Waals surface area contributed by atoms with E-state index in [1.165, 1.54) is 5.56 Å². The summed E-state index contributed by atoms with van der Waals surface area (Å²) >= 11 is 3.50. The molecule has 1 N–H and O–H groups in total. The molecule has 0 saturated heterocycles. The van der Waals surface area contributed by atoms with Crippen molar-refractivity contribution in [2.24, 2.45) is 0 Å². The molecule has 104 valence electrons. The van der Waals surface area contributed by atoms with Gasteiger partial charge in [0, 0.05) is 16.9 Å². The van der Waals surface area contributed by atoms with Gasteiger partial charge in [-0.05, 0) is 37.5 Å². The zero-order valence-electron chi connectivity index (χ0n) is 11.1. The standard InChI is InChI=1S/C15H15BrN2O2/c1-9-17-14(15(19)20)13-6-5-11(8-18(9)13)10-3-2-4-12(16)7-10/h2-4,7,11H,5-6,8H2,1H3,(H,19,20). The van der Waals surface area contributed by atoms with Crippen LogP contribution in [0.25, 0.3) is 0 Å². The predicted octanol–water partition coefficient (Wildman–Crippen LogP) is 3.38. The van der Waals surface area contributed by atoms with Gasteiger partial charge >= 0.3 is 5.97 Å². The van der Waals surface area contributed by atoms with Gasteiger partial charge in [-0.3, -0.25) is 0 Å². The van der Waals surface area contributed by atoms with Gasteiger partial charge in [-0.2, -0.15) is 0 Å². The van der Waals surface area contributed by atoms with E-state index in [0.717, 1.165) is 35.4 Å². The number of hydrogen-bond acceptors (Lipinski definition) is 2. The third-order valence-electron chi connectivity index (χ3n) is 3.92. The van der Waals surface area contributed by atoms with Crippen molar-refractivity contribution >= 4 is 21.9 Å². The first-order chi connectivity index (χ1) is 9.56. The van der Waals surface area contributed by atoms with Crippen molar-refractivity contribution in [2.75, 3.05) is 0 Å². The van der Waals surface area contributed by atoms with Crippen LogP contribution in [0, 0.1) is 6.92 Å². The largest absolute Gasteiger partial charge is 0.476 e. The quantitative estimate of drug-likeness (QED) is 0.915. The van der Waals surface area contributed by atoms with E-state index < -0.39 is 5.97 Å². The highest BCUT2D eigenvalue weighted by atomic mass is 79.9. The van der Waals surface area contributed by atoms with Crippen LogP contribution in [0.15, 0.2) is 28.7 Å². The van der Waals surface area contributed by atoms with Crippen LogP contribution in [-0.4, -0.2) is 20.6 Å². The summed E-state index contributed by atoms with van der Waals surface area (Å²) in [5.41, 5.74) is 2.37. The van der Waals surface area contributed by atoms with Crippen molar-refractivity contribution in [3.8, 4) is 0 Å². The van der Waals surface area contributed by atoms with E-state index in [9.17, 15) is 9.90 Å². The van der Waals surface area contributed by atoms with Crippen molar-refractivity contribution in [1.82, 2.24) is 9.55 Å². The molecule has 0 saturated carbocycles. The minimum atomic E-state index is -0.928. The lowest BCUT2D eigenvalue weighted by molar-refractivity contribution is 0.0689. The van der Waals surface area contributed by atoms with E-state index in [0.29, 0.717) is 5.92 Å². The molecule has 2 aromatic rings. The molecule has 2 heterocycles. The van der Waals surface area contributed by atoms with E-state index >= 15 is 0 Å². The molecule has 1 unspecified atom stereocenters. The summed E-state index contributed by atoms with van der Waals surface area (Å²) in [7, 11) is 0. The van der Waals surface area contributed by atoms with Crippen molar-refractivity contribution in [3.63, 3.8) is 0 Å². The Morgan fingerprint density at radius 3 is 3.00 bits per heavy atom. The zero-order chi connectivity index (χ0) is 14.3. The van der Waals surface area contributed by atoms with E-state index in [2.05, 4.69) is 37.6 Å². The monoisotopic (exact) mass is 334 g/mol. The number of hydrogen-bond donors (Lipinski definition) is 1. The molecule has 0 fully saturated rings. The van der Waals surface area contributed by atoms with Crippen molar-refractivity contribution in [2.45, 2.75) is 32.2 Å². The molecule has 3 rings (SSSR count). The molecule has 1 aromatic carbocycles. The van der Waals surface area contributed by atoms with Crippen molar-refractivity contribution in [1.29, 1.82) is 0 Å². The molecule has 1 aromatic heterocycles. The Balaban J connectivity index is 1.95. The second-order valence-electron chi connectivity index (χ2n) is 5.16. The topological polar surface area (TPSA) is 55.1 Å². The normalized spacial score (nSPS) is 17.8. The van der Waals surface area contributed by atoms with Crippen molar-refractivity contribution in [3.05, 3.63) is 51.5 Å². The third-order valence-corrected chi connectivity index (χ3v) is 4.41. The average Bonchev–Trinajstić information content (AvgIpc) is 2.76. The van der Waals surface area contributed by atoms with Gasteiger partial charge in [0.2, 0.25) is 0 Å². The number of aromatic carboxylic acids is 1. The Hall–Kier alpha value is -1.62. The Morgan fingerprint density at radius 1 is 1.50 bits per heavy atom. The lowest BCUT2D eigenvalue weighted by atomic mass is 9.90. The first-order valence-electron chi connectivity index (χ1n) is 6.61. The molecule has 1 aliphatic heterocycles. The summed E-state index contributed by atoms with van der Waals surface area (Å²) in [4.78, 5) is 15.4. The van der Waals surface area contributed by atoms with Gasteiger partial charge in [0.1, 0.15) is 5.82 Å². The summed E-state index contributed by atoms with van der Waals surface area (Å²) < 4.78 is 3.13. The highest BCUT2D eigenvalue weighted by Crippen LogP contribution is 2.32. The fourth-order valence-electron chi connectivity index (χ4n) is 2.93. The molecule has 20 heavy (non-hydrogen) atoms. The second-order valence-corrected chi connectivity index (χ2v) is 6.08. The summed E-state index contributed by atoms with van der Waals surface area (Å²) in [5, 5.41) is 9.19. The van der Waals surface area contributed by atoms with Gasteiger partial charge in [0.05, 0.1) is 5.69 Å². The number of rotatable bonds is 2. The molecule has 5 heteroatoms. The lowest BCUT2D eigenvalue weighted by Crippen LogP contribution is -2.20. The lowest BCUT2D eigenvalue weighted by Gasteiger charge is -2.25. The summed E-state index contributed by atoms with van der Waals surface area (Å²) in [6, 6.07) is 8.33. The molecule has 0 amide bonds. The molecular formula is C15H15BrN2O2. The van der Waals surface area contributed by atoms with Gasteiger partial charge in [0.15, 0.2) is 5.69 Å². The number of fused-ring (bicyclic) bond motifs is 1. The van der Waals surface area contributed by atoms with Gasteiger partial charge in [-0.15, -0.1) is 0 Å². The first kappa shape index (κ1) is 13.4. The van der Waals surface area contributed by atoms with Gasteiger partial charge in [-0.1, -0.05) is 28.1 Å². The van der Waals surface area contributed by atoms with E-state index in [4.69, 9.17) is 0 Å². The molecule has 0 spiro atoms. The Labute approximate surface area is 125 Å². The summed E-state index contributed by atoms with van der Waals surface area (Å²) in [6.45, 7) is 2.68. The van der Waals surface area contributed by atoms with Gasteiger partial charge in [-0.25, -0.2) is 9.78 Å².